The Morgan fingerprint density at radius 2 is 1.46 bits per heavy atom. The summed E-state index contributed by atoms with van der Waals surface area (Å²) in [5.74, 6) is 0.413. The fourth-order valence-corrected chi connectivity index (χ4v) is 2.71. The van der Waals surface area contributed by atoms with Crippen molar-refractivity contribution in [2.24, 2.45) is 0 Å². The van der Waals surface area contributed by atoms with Crippen molar-refractivity contribution in [1.82, 2.24) is 0 Å². The van der Waals surface area contributed by atoms with Gasteiger partial charge in [-0.1, -0.05) is 24.3 Å². The fourth-order valence-electron chi connectivity index (χ4n) is 2.71. The molecule has 122 valence electrons. The molecule has 0 radical (unpaired) electrons. The molecule has 0 saturated carbocycles. The second kappa shape index (κ2) is 6.20. The van der Waals surface area contributed by atoms with Crippen LogP contribution in [-0.2, 0) is 9.59 Å². The van der Waals surface area contributed by atoms with Gasteiger partial charge in [0.05, 0.1) is 7.11 Å². The molecule has 0 aliphatic rings. The molecule has 0 aromatic heterocycles. The molecular formula is C19H16O5. The molecule has 5 nitrogen and oxygen atoms in total. The lowest BCUT2D eigenvalue weighted by molar-refractivity contribution is -0.132. The van der Waals surface area contributed by atoms with Gasteiger partial charge in [-0.15, -0.1) is 0 Å². The molecule has 3 aromatic carbocycles. The number of carbonyl (C=O) groups is 2. The van der Waals surface area contributed by atoms with E-state index in [-0.39, 0.29) is 0 Å². The molecule has 0 saturated heterocycles. The van der Waals surface area contributed by atoms with Crippen molar-refractivity contribution in [1.29, 1.82) is 0 Å². The summed E-state index contributed by atoms with van der Waals surface area (Å²) in [6.07, 6.45) is 0. The fraction of sp³-hybridized carbons (Fsp3) is 0.158. The van der Waals surface area contributed by atoms with Crippen LogP contribution >= 0.6 is 0 Å². The average molecular weight is 324 g/mol. The minimum absolute atomic E-state index is 0.355. The maximum absolute atomic E-state index is 11.5. The first-order chi connectivity index (χ1) is 11.5. The largest absolute Gasteiger partial charge is 0.493 e. The molecule has 3 rings (SSSR count). The molecule has 0 bridgehead atoms. The molecule has 0 spiro atoms. The van der Waals surface area contributed by atoms with Gasteiger partial charge in [0, 0.05) is 19.2 Å². The van der Waals surface area contributed by atoms with Gasteiger partial charge in [0.1, 0.15) is 5.75 Å². The van der Waals surface area contributed by atoms with E-state index in [1.165, 1.54) is 21.0 Å². The Morgan fingerprint density at radius 1 is 0.833 bits per heavy atom. The van der Waals surface area contributed by atoms with Gasteiger partial charge >= 0.3 is 11.9 Å². The topological polar surface area (TPSA) is 61.8 Å². The lowest BCUT2D eigenvalue weighted by Crippen LogP contribution is -2.04. The highest BCUT2D eigenvalue weighted by Crippen LogP contribution is 2.40. The van der Waals surface area contributed by atoms with Crippen LogP contribution in [-0.4, -0.2) is 19.0 Å². The van der Waals surface area contributed by atoms with Crippen molar-refractivity contribution >= 4 is 33.5 Å². The van der Waals surface area contributed by atoms with Crippen LogP contribution in [0.4, 0.5) is 0 Å². The number of rotatable bonds is 3. The van der Waals surface area contributed by atoms with E-state index in [0.717, 1.165) is 21.5 Å². The van der Waals surface area contributed by atoms with Gasteiger partial charge in [0.2, 0.25) is 0 Å². The van der Waals surface area contributed by atoms with Crippen LogP contribution in [0.5, 0.6) is 17.2 Å². The van der Waals surface area contributed by atoms with E-state index in [0.29, 0.717) is 17.2 Å². The van der Waals surface area contributed by atoms with Gasteiger partial charge in [-0.3, -0.25) is 9.59 Å². The molecule has 3 aromatic rings. The third-order valence-electron chi connectivity index (χ3n) is 3.62. The molecule has 0 heterocycles. The summed E-state index contributed by atoms with van der Waals surface area (Å²) in [6.45, 7) is 2.69. The van der Waals surface area contributed by atoms with Crippen molar-refractivity contribution in [2.45, 2.75) is 13.8 Å². The van der Waals surface area contributed by atoms with Crippen molar-refractivity contribution in [2.75, 3.05) is 7.11 Å². The Labute approximate surface area is 138 Å². The van der Waals surface area contributed by atoms with Crippen molar-refractivity contribution in [3.05, 3.63) is 42.5 Å². The standard InChI is InChI=1S/C19H16O5/c1-11(20)23-15-8-6-13-4-5-14-7-9-17(22-3)19(24-12(2)21)18(14)16(13)10-15/h4-10H,1-3H3. The minimum Gasteiger partial charge on any atom is -0.493 e. The van der Waals surface area contributed by atoms with Gasteiger partial charge < -0.3 is 14.2 Å². The van der Waals surface area contributed by atoms with Crippen LogP contribution in [0.3, 0.4) is 0 Å². The zero-order valence-corrected chi connectivity index (χ0v) is 13.6. The molecule has 0 amide bonds. The quantitative estimate of drug-likeness (QED) is 0.416. The highest BCUT2D eigenvalue weighted by Gasteiger charge is 2.15. The summed E-state index contributed by atoms with van der Waals surface area (Å²) in [6, 6.07) is 12.9. The predicted octanol–water partition coefficient (Wildman–Crippen LogP) is 3.85. The van der Waals surface area contributed by atoms with E-state index in [9.17, 15) is 9.59 Å². The maximum atomic E-state index is 11.5. The van der Waals surface area contributed by atoms with Crippen LogP contribution in [0.15, 0.2) is 42.5 Å². The number of hydrogen-bond donors (Lipinski definition) is 0. The van der Waals surface area contributed by atoms with Crippen LogP contribution in [0, 0.1) is 0 Å². The molecule has 5 heteroatoms. The monoisotopic (exact) mass is 324 g/mol. The minimum atomic E-state index is -0.436. The third kappa shape index (κ3) is 2.88. The van der Waals surface area contributed by atoms with Crippen LogP contribution in [0.2, 0.25) is 0 Å². The SMILES string of the molecule is COc1ccc2ccc3ccc(OC(C)=O)cc3c2c1OC(C)=O. The van der Waals surface area contributed by atoms with Crippen LogP contribution < -0.4 is 14.2 Å². The summed E-state index contributed by atoms with van der Waals surface area (Å²) in [4.78, 5) is 22.7. The summed E-state index contributed by atoms with van der Waals surface area (Å²) in [7, 11) is 1.52. The number of carbonyl (C=O) groups excluding carboxylic acids is 2. The van der Waals surface area contributed by atoms with E-state index < -0.39 is 11.9 Å². The van der Waals surface area contributed by atoms with Crippen molar-refractivity contribution < 1.29 is 23.8 Å². The van der Waals surface area contributed by atoms with Crippen molar-refractivity contribution in [3.63, 3.8) is 0 Å². The molecule has 0 N–H and O–H groups in total. The van der Waals surface area contributed by atoms with Crippen LogP contribution in [0.25, 0.3) is 21.5 Å². The molecule has 0 atom stereocenters. The molecule has 0 aliphatic heterocycles. The average Bonchev–Trinajstić information content (AvgIpc) is 2.53. The number of ether oxygens (including phenoxy) is 3. The Kier molecular flexibility index (Phi) is 4.08. The van der Waals surface area contributed by atoms with E-state index in [1.54, 1.807) is 18.2 Å². The van der Waals surface area contributed by atoms with Gasteiger partial charge in [-0.2, -0.15) is 0 Å². The number of methoxy groups -OCH3 is 1. The van der Waals surface area contributed by atoms with Gasteiger partial charge in [0.25, 0.3) is 0 Å². The van der Waals surface area contributed by atoms with Crippen LogP contribution in [0.1, 0.15) is 13.8 Å². The van der Waals surface area contributed by atoms with E-state index in [2.05, 4.69) is 0 Å². The lowest BCUT2D eigenvalue weighted by atomic mass is 10.0. The van der Waals surface area contributed by atoms with Gasteiger partial charge in [-0.05, 0) is 34.4 Å². The second-order valence-electron chi connectivity index (χ2n) is 5.33. The molecule has 0 unspecified atom stereocenters. The zero-order chi connectivity index (χ0) is 17.3. The van der Waals surface area contributed by atoms with E-state index in [4.69, 9.17) is 14.2 Å². The van der Waals surface area contributed by atoms with E-state index in [1.807, 2.05) is 24.3 Å². The Bertz CT molecular complexity index is 959. The predicted molar refractivity (Wildman–Crippen MR) is 90.6 cm³/mol. The number of hydrogen-bond acceptors (Lipinski definition) is 5. The highest BCUT2D eigenvalue weighted by molar-refractivity contribution is 6.12. The van der Waals surface area contributed by atoms with Gasteiger partial charge in [0.15, 0.2) is 11.5 Å². The summed E-state index contributed by atoms with van der Waals surface area (Å²) in [5.41, 5.74) is 0. The highest BCUT2D eigenvalue weighted by atomic mass is 16.6. The smallest absolute Gasteiger partial charge is 0.308 e. The Morgan fingerprint density at radius 3 is 2.12 bits per heavy atom. The third-order valence-corrected chi connectivity index (χ3v) is 3.62. The van der Waals surface area contributed by atoms with Crippen molar-refractivity contribution in [3.8, 4) is 17.2 Å². The summed E-state index contributed by atoms with van der Waals surface area (Å²) < 4.78 is 15.9. The van der Waals surface area contributed by atoms with Gasteiger partial charge in [-0.25, -0.2) is 0 Å². The number of benzene rings is 3. The molecule has 0 aliphatic carbocycles. The molecule has 0 fully saturated rings. The summed E-state index contributed by atoms with van der Waals surface area (Å²) >= 11 is 0. The first kappa shape index (κ1) is 15.8. The summed E-state index contributed by atoms with van der Waals surface area (Å²) in [5, 5.41) is 3.36. The molecule has 24 heavy (non-hydrogen) atoms. The lowest BCUT2D eigenvalue weighted by Gasteiger charge is -2.14. The first-order valence-corrected chi connectivity index (χ1v) is 7.40. The Hall–Kier alpha value is -3.08. The number of esters is 2. The molecular weight excluding hydrogens is 308 g/mol. The Balaban J connectivity index is 2.37. The maximum Gasteiger partial charge on any atom is 0.308 e. The first-order valence-electron chi connectivity index (χ1n) is 7.40. The zero-order valence-electron chi connectivity index (χ0n) is 13.6. The number of fused-ring (bicyclic) bond motifs is 3. The normalized spacial score (nSPS) is 10.6. The van der Waals surface area contributed by atoms with E-state index >= 15 is 0 Å². The second-order valence-corrected chi connectivity index (χ2v) is 5.33.